The monoisotopic (exact) mass is 303 g/mol. The van der Waals surface area contributed by atoms with E-state index < -0.39 is 0 Å². The van der Waals surface area contributed by atoms with Crippen LogP contribution in [-0.2, 0) is 4.74 Å². The Hall–Kier alpha value is -0.290. The number of halogens is 1. The number of hydrogen-bond donors (Lipinski definition) is 1. The highest BCUT2D eigenvalue weighted by Crippen LogP contribution is 2.22. The molecule has 0 spiro atoms. The first kappa shape index (κ1) is 10.2. The van der Waals surface area contributed by atoms with E-state index in [4.69, 9.17) is 4.74 Å². The van der Waals surface area contributed by atoms with Gasteiger partial charge in [-0.25, -0.2) is 0 Å². The van der Waals surface area contributed by atoms with E-state index in [0.717, 1.165) is 19.6 Å². The fraction of sp³-hybridized carbons (Fsp3) is 0.455. The van der Waals surface area contributed by atoms with E-state index in [-0.39, 0.29) is 0 Å². The molecule has 1 atom stereocenters. The minimum Gasteiger partial charge on any atom is -0.380 e. The van der Waals surface area contributed by atoms with Crippen molar-refractivity contribution in [3.05, 3.63) is 27.3 Å². The van der Waals surface area contributed by atoms with Crippen LogP contribution in [0.25, 0.3) is 0 Å². The van der Waals surface area contributed by atoms with Crippen molar-refractivity contribution in [2.75, 3.05) is 18.5 Å². The molecule has 2 nitrogen and oxygen atoms in total. The lowest BCUT2D eigenvalue weighted by Gasteiger charge is -2.15. The summed E-state index contributed by atoms with van der Waals surface area (Å²) in [4.78, 5) is 0. The lowest BCUT2D eigenvalue weighted by Crippen LogP contribution is -2.19. The van der Waals surface area contributed by atoms with Crippen LogP contribution in [0, 0.1) is 10.5 Å². The van der Waals surface area contributed by atoms with Crippen LogP contribution in [0.4, 0.5) is 5.69 Å². The standard InChI is InChI=1S/C11H14INO/c1-8-10(12)3-2-4-11(8)13-9-5-6-14-7-9/h2-4,9,13H,5-7H2,1H3. The van der Waals surface area contributed by atoms with Crippen LogP contribution >= 0.6 is 22.6 Å². The van der Waals surface area contributed by atoms with E-state index in [9.17, 15) is 0 Å². The molecule has 1 unspecified atom stereocenters. The molecule has 0 amide bonds. The largest absolute Gasteiger partial charge is 0.380 e. The van der Waals surface area contributed by atoms with Gasteiger partial charge in [0.05, 0.1) is 12.6 Å². The predicted octanol–water partition coefficient (Wildman–Crippen LogP) is 2.80. The minimum atomic E-state index is 0.492. The van der Waals surface area contributed by atoms with E-state index in [0.29, 0.717) is 6.04 Å². The third kappa shape index (κ3) is 2.20. The summed E-state index contributed by atoms with van der Waals surface area (Å²) in [5.74, 6) is 0. The number of ether oxygens (including phenoxy) is 1. The molecular formula is C11H14INO. The molecule has 76 valence electrons. The van der Waals surface area contributed by atoms with Crippen molar-refractivity contribution in [2.24, 2.45) is 0 Å². The maximum Gasteiger partial charge on any atom is 0.0668 e. The third-order valence-corrected chi connectivity index (χ3v) is 3.73. The van der Waals surface area contributed by atoms with E-state index in [1.54, 1.807) is 0 Å². The zero-order valence-electron chi connectivity index (χ0n) is 8.22. The Morgan fingerprint density at radius 3 is 3.07 bits per heavy atom. The van der Waals surface area contributed by atoms with Crippen LogP contribution in [0.1, 0.15) is 12.0 Å². The van der Waals surface area contributed by atoms with Gasteiger partial charge in [0.2, 0.25) is 0 Å². The number of nitrogens with one attached hydrogen (secondary N) is 1. The lowest BCUT2D eigenvalue weighted by molar-refractivity contribution is 0.195. The number of anilines is 1. The normalized spacial score (nSPS) is 21.1. The third-order valence-electron chi connectivity index (χ3n) is 2.56. The molecule has 14 heavy (non-hydrogen) atoms. The van der Waals surface area contributed by atoms with Crippen molar-refractivity contribution in [1.29, 1.82) is 0 Å². The molecule has 1 saturated heterocycles. The van der Waals surface area contributed by atoms with Crippen molar-refractivity contribution in [1.82, 2.24) is 0 Å². The van der Waals surface area contributed by atoms with Gasteiger partial charge in [0, 0.05) is 15.9 Å². The highest BCUT2D eigenvalue weighted by atomic mass is 127. The summed E-state index contributed by atoms with van der Waals surface area (Å²) in [6, 6.07) is 6.85. The molecular weight excluding hydrogens is 289 g/mol. The van der Waals surface area contributed by atoms with E-state index in [1.807, 2.05) is 0 Å². The quantitative estimate of drug-likeness (QED) is 0.848. The zero-order valence-corrected chi connectivity index (χ0v) is 10.4. The van der Waals surface area contributed by atoms with Gasteiger partial charge in [-0.1, -0.05) is 6.07 Å². The molecule has 1 aromatic carbocycles. The first-order chi connectivity index (χ1) is 6.77. The van der Waals surface area contributed by atoms with Crippen LogP contribution in [0.2, 0.25) is 0 Å². The summed E-state index contributed by atoms with van der Waals surface area (Å²) in [7, 11) is 0. The van der Waals surface area contributed by atoms with Gasteiger partial charge in [-0.15, -0.1) is 0 Å². The van der Waals surface area contributed by atoms with E-state index >= 15 is 0 Å². The highest BCUT2D eigenvalue weighted by Gasteiger charge is 2.15. The average molecular weight is 303 g/mol. The average Bonchev–Trinajstić information content (AvgIpc) is 2.66. The van der Waals surface area contributed by atoms with E-state index in [1.165, 1.54) is 14.8 Å². The van der Waals surface area contributed by atoms with Gasteiger partial charge in [0.25, 0.3) is 0 Å². The van der Waals surface area contributed by atoms with Crippen LogP contribution in [0.15, 0.2) is 18.2 Å². The van der Waals surface area contributed by atoms with E-state index in [2.05, 4.69) is 53.0 Å². The molecule has 3 heteroatoms. The van der Waals surface area contributed by atoms with Crippen LogP contribution in [0.5, 0.6) is 0 Å². The number of rotatable bonds is 2. The first-order valence-corrected chi connectivity index (χ1v) is 5.94. The Morgan fingerprint density at radius 1 is 1.50 bits per heavy atom. The topological polar surface area (TPSA) is 21.3 Å². The Kier molecular flexibility index (Phi) is 3.28. The summed E-state index contributed by atoms with van der Waals surface area (Å²) < 4.78 is 6.65. The van der Waals surface area contributed by atoms with Gasteiger partial charge < -0.3 is 10.1 Å². The molecule has 1 N–H and O–H groups in total. The number of benzene rings is 1. The second-order valence-corrected chi connectivity index (χ2v) is 4.78. The molecule has 0 aliphatic carbocycles. The Labute approximate surface area is 98.2 Å². The second kappa shape index (κ2) is 4.49. The van der Waals surface area contributed by atoms with Crippen molar-refractivity contribution >= 4 is 28.3 Å². The van der Waals surface area contributed by atoms with Crippen molar-refractivity contribution < 1.29 is 4.74 Å². The molecule has 0 bridgehead atoms. The summed E-state index contributed by atoms with van der Waals surface area (Å²) in [5, 5.41) is 3.52. The SMILES string of the molecule is Cc1c(I)cccc1NC1CCOC1. The summed E-state index contributed by atoms with van der Waals surface area (Å²) in [6.07, 6.45) is 1.12. The zero-order chi connectivity index (χ0) is 9.97. The molecule has 1 heterocycles. The first-order valence-electron chi connectivity index (χ1n) is 4.87. The molecule has 1 fully saturated rings. The maximum absolute atomic E-state index is 5.34. The molecule has 1 aliphatic heterocycles. The van der Waals surface area contributed by atoms with Crippen LogP contribution < -0.4 is 5.32 Å². The molecule has 2 rings (SSSR count). The van der Waals surface area contributed by atoms with Gasteiger partial charge in [-0.3, -0.25) is 0 Å². The van der Waals surface area contributed by atoms with Gasteiger partial charge in [-0.05, 0) is 53.6 Å². The minimum absolute atomic E-state index is 0.492. The summed E-state index contributed by atoms with van der Waals surface area (Å²) in [5.41, 5.74) is 2.58. The Morgan fingerprint density at radius 2 is 2.36 bits per heavy atom. The van der Waals surface area contributed by atoms with Gasteiger partial charge in [-0.2, -0.15) is 0 Å². The molecule has 1 aliphatic rings. The molecule has 1 aromatic rings. The predicted molar refractivity (Wildman–Crippen MR) is 66.7 cm³/mol. The molecule has 0 aromatic heterocycles. The Balaban J connectivity index is 2.11. The maximum atomic E-state index is 5.34. The van der Waals surface area contributed by atoms with Crippen molar-refractivity contribution in [2.45, 2.75) is 19.4 Å². The smallest absolute Gasteiger partial charge is 0.0668 e. The van der Waals surface area contributed by atoms with Crippen LogP contribution in [-0.4, -0.2) is 19.3 Å². The van der Waals surface area contributed by atoms with Crippen LogP contribution in [0.3, 0.4) is 0 Å². The van der Waals surface area contributed by atoms with Gasteiger partial charge in [0.15, 0.2) is 0 Å². The Bertz CT molecular complexity index is 321. The van der Waals surface area contributed by atoms with Crippen molar-refractivity contribution in [3.8, 4) is 0 Å². The fourth-order valence-electron chi connectivity index (χ4n) is 1.63. The lowest BCUT2D eigenvalue weighted by atomic mass is 10.1. The van der Waals surface area contributed by atoms with Crippen molar-refractivity contribution in [3.63, 3.8) is 0 Å². The molecule has 0 radical (unpaired) electrons. The molecule has 0 saturated carbocycles. The summed E-state index contributed by atoms with van der Waals surface area (Å²) in [6.45, 7) is 3.88. The summed E-state index contributed by atoms with van der Waals surface area (Å²) >= 11 is 2.37. The van der Waals surface area contributed by atoms with Gasteiger partial charge in [0.1, 0.15) is 0 Å². The highest BCUT2D eigenvalue weighted by molar-refractivity contribution is 14.1. The number of hydrogen-bond acceptors (Lipinski definition) is 2. The second-order valence-electron chi connectivity index (χ2n) is 3.62. The fourth-order valence-corrected chi connectivity index (χ4v) is 2.13. The van der Waals surface area contributed by atoms with Gasteiger partial charge >= 0.3 is 0 Å².